The molecule has 2 aromatic rings. The maximum atomic E-state index is 10.9. The number of benzene rings is 1. The molecule has 1 aromatic carbocycles. The first-order valence-corrected chi connectivity index (χ1v) is 6.21. The van der Waals surface area contributed by atoms with E-state index in [9.17, 15) is 4.79 Å². The topological polar surface area (TPSA) is 62.2 Å². The molecule has 1 aromatic heterocycles. The van der Waals surface area contributed by atoms with Crippen molar-refractivity contribution in [3.63, 3.8) is 0 Å². The van der Waals surface area contributed by atoms with E-state index >= 15 is 0 Å². The molecular formula is C15H16N2O2. The minimum absolute atomic E-state index is 0.511. The highest BCUT2D eigenvalue weighted by atomic mass is 16.4. The first kappa shape index (κ1) is 13.1. The van der Waals surface area contributed by atoms with E-state index in [1.54, 1.807) is 12.3 Å². The first-order chi connectivity index (χ1) is 9.20. The average Bonchev–Trinajstić information content (AvgIpc) is 2.46. The monoisotopic (exact) mass is 256 g/mol. The Bertz CT molecular complexity index is 538. The van der Waals surface area contributed by atoms with Crippen molar-refractivity contribution in [2.24, 2.45) is 0 Å². The molecule has 2 rings (SSSR count). The summed E-state index contributed by atoms with van der Waals surface area (Å²) in [5, 5.41) is 11.9. The van der Waals surface area contributed by atoms with Crippen molar-refractivity contribution in [3.8, 4) is 11.1 Å². The van der Waals surface area contributed by atoms with Crippen molar-refractivity contribution >= 4 is 11.8 Å². The second kappa shape index (κ2) is 6.00. The Kier molecular flexibility index (Phi) is 4.13. The van der Waals surface area contributed by atoms with E-state index in [1.807, 2.05) is 43.3 Å². The summed E-state index contributed by atoms with van der Waals surface area (Å²) in [6.45, 7) is 1.82. The number of hydrogen-bond acceptors (Lipinski definition) is 3. The van der Waals surface area contributed by atoms with Gasteiger partial charge in [0.25, 0.3) is 0 Å². The molecule has 0 aliphatic rings. The van der Waals surface area contributed by atoms with Gasteiger partial charge in [0, 0.05) is 11.8 Å². The Morgan fingerprint density at radius 1 is 1.21 bits per heavy atom. The lowest BCUT2D eigenvalue weighted by atomic mass is 10.1. The molecule has 0 aliphatic heterocycles. The Labute approximate surface area is 112 Å². The van der Waals surface area contributed by atoms with Crippen LogP contribution in [0.15, 0.2) is 48.7 Å². The molecular weight excluding hydrogens is 240 g/mol. The van der Waals surface area contributed by atoms with Crippen LogP contribution >= 0.6 is 0 Å². The quantitative estimate of drug-likeness (QED) is 0.863. The molecule has 0 aliphatic carbocycles. The summed E-state index contributed by atoms with van der Waals surface area (Å²) < 4.78 is 0. The molecule has 0 saturated carbocycles. The van der Waals surface area contributed by atoms with Gasteiger partial charge in [-0.2, -0.15) is 0 Å². The van der Waals surface area contributed by atoms with Crippen molar-refractivity contribution < 1.29 is 9.90 Å². The van der Waals surface area contributed by atoms with Crippen molar-refractivity contribution in [3.05, 3.63) is 48.7 Å². The van der Waals surface area contributed by atoms with Crippen LogP contribution in [0, 0.1) is 0 Å². The summed E-state index contributed by atoms with van der Waals surface area (Å²) in [4.78, 5) is 15.2. The maximum absolute atomic E-state index is 10.9. The van der Waals surface area contributed by atoms with Gasteiger partial charge < -0.3 is 10.4 Å². The predicted octanol–water partition coefficient (Wildman–Crippen LogP) is 3.02. The molecule has 2 N–H and O–H groups in total. The number of nitrogens with one attached hydrogen (secondary N) is 1. The lowest BCUT2D eigenvalue weighted by Gasteiger charge is -2.13. The summed E-state index contributed by atoms with van der Waals surface area (Å²) >= 11 is 0. The van der Waals surface area contributed by atoms with E-state index in [0.717, 1.165) is 11.1 Å². The van der Waals surface area contributed by atoms with Crippen molar-refractivity contribution in [2.75, 3.05) is 5.32 Å². The Morgan fingerprint density at radius 2 is 1.95 bits per heavy atom. The van der Waals surface area contributed by atoms with Crippen LogP contribution in [0.1, 0.15) is 13.3 Å². The highest BCUT2D eigenvalue weighted by molar-refractivity contribution is 5.77. The first-order valence-electron chi connectivity index (χ1n) is 6.21. The summed E-state index contributed by atoms with van der Waals surface area (Å²) in [7, 11) is 0. The van der Waals surface area contributed by atoms with Crippen molar-refractivity contribution in [2.45, 2.75) is 19.4 Å². The number of carboxylic acids is 1. The van der Waals surface area contributed by atoms with Crippen molar-refractivity contribution in [1.82, 2.24) is 4.98 Å². The van der Waals surface area contributed by atoms with E-state index in [-0.39, 0.29) is 0 Å². The van der Waals surface area contributed by atoms with Gasteiger partial charge in [-0.05, 0) is 24.1 Å². The molecule has 0 spiro atoms. The average molecular weight is 256 g/mol. The van der Waals surface area contributed by atoms with Crippen LogP contribution in [-0.4, -0.2) is 22.1 Å². The standard InChI is InChI=1S/C15H16N2O2/c1-2-13(15(18)19)17-14-9-8-12(10-16-14)11-6-4-3-5-7-11/h3-10,13H,2H2,1H3,(H,16,17)(H,18,19). The van der Waals surface area contributed by atoms with Gasteiger partial charge in [-0.1, -0.05) is 37.3 Å². The molecule has 98 valence electrons. The highest BCUT2D eigenvalue weighted by Crippen LogP contribution is 2.19. The summed E-state index contributed by atoms with van der Waals surface area (Å²) in [6, 6.07) is 13.1. The SMILES string of the molecule is CCC(Nc1ccc(-c2ccccc2)cn1)C(=O)O. The second-order valence-electron chi connectivity index (χ2n) is 4.24. The third-order valence-electron chi connectivity index (χ3n) is 2.90. The number of aromatic nitrogens is 1. The molecule has 19 heavy (non-hydrogen) atoms. The largest absolute Gasteiger partial charge is 0.480 e. The number of aliphatic carboxylic acids is 1. The van der Waals surface area contributed by atoms with Crippen LogP contribution in [-0.2, 0) is 4.79 Å². The normalized spacial score (nSPS) is 11.8. The Hall–Kier alpha value is -2.36. The van der Waals surface area contributed by atoms with E-state index in [2.05, 4.69) is 10.3 Å². The fourth-order valence-corrected chi connectivity index (χ4v) is 1.80. The molecule has 0 fully saturated rings. The molecule has 0 radical (unpaired) electrons. The van der Waals surface area contributed by atoms with E-state index in [4.69, 9.17) is 5.11 Å². The summed E-state index contributed by atoms with van der Waals surface area (Å²) in [5.41, 5.74) is 2.10. The summed E-state index contributed by atoms with van der Waals surface area (Å²) in [6.07, 6.45) is 2.25. The summed E-state index contributed by atoms with van der Waals surface area (Å²) in [5.74, 6) is -0.287. The zero-order valence-corrected chi connectivity index (χ0v) is 10.7. The van der Waals surface area contributed by atoms with Crippen LogP contribution in [0.4, 0.5) is 5.82 Å². The molecule has 0 amide bonds. The number of carbonyl (C=O) groups is 1. The fraction of sp³-hybridized carbons (Fsp3) is 0.200. The van der Waals surface area contributed by atoms with Gasteiger partial charge in [0.15, 0.2) is 0 Å². The minimum Gasteiger partial charge on any atom is -0.480 e. The number of anilines is 1. The van der Waals surface area contributed by atoms with Crippen LogP contribution in [0.25, 0.3) is 11.1 Å². The third-order valence-corrected chi connectivity index (χ3v) is 2.90. The van der Waals surface area contributed by atoms with Gasteiger partial charge >= 0.3 is 5.97 Å². The van der Waals surface area contributed by atoms with E-state index in [0.29, 0.717) is 12.2 Å². The lowest BCUT2D eigenvalue weighted by molar-refractivity contribution is -0.137. The van der Waals surface area contributed by atoms with Gasteiger partial charge in [-0.3, -0.25) is 0 Å². The lowest BCUT2D eigenvalue weighted by Crippen LogP contribution is -2.28. The van der Waals surface area contributed by atoms with E-state index < -0.39 is 12.0 Å². The zero-order chi connectivity index (χ0) is 13.7. The smallest absolute Gasteiger partial charge is 0.326 e. The van der Waals surface area contributed by atoms with Gasteiger partial charge in [-0.15, -0.1) is 0 Å². The fourth-order valence-electron chi connectivity index (χ4n) is 1.80. The number of carboxylic acid groups (broad SMARTS) is 1. The molecule has 0 bridgehead atoms. The Balaban J connectivity index is 2.13. The third kappa shape index (κ3) is 3.31. The second-order valence-corrected chi connectivity index (χ2v) is 4.24. The zero-order valence-electron chi connectivity index (χ0n) is 10.7. The molecule has 1 atom stereocenters. The number of nitrogens with zero attached hydrogens (tertiary/aromatic N) is 1. The van der Waals surface area contributed by atoms with Crippen molar-refractivity contribution in [1.29, 1.82) is 0 Å². The highest BCUT2D eigenvalue weighted by Gasteiger charge is 2.14. The molecule has 1 heterocycles. The molecule has 4 nitrogen and oxygen atoms in total. The Morgan fingerprint density at radius 3 is 2.47 bits per heavy atom. The number of hydrogen-bond donors (Lipinski definition) is 2. The van der Waals surface area contributed by atoms with Crippen LogP contribution in [0.3, 0.4) is 0 Å². The van der Waals surface area contributed by atoms with Crippen LogP contribution in [0.2, 0.25) is 0 Å². The van der Waals surface area contributed by atoms with Crippen LogP contribution in [0.5, 0.6) is 0 Å². The molecule has 0 saturated heterocycles. The maximum Gasteiger partial charge on any atom is 0.326 e. The minimum atomic E-state index is -0.864. The number of pyridine rings is 1. The van der Waals surface area contributed by atoms with E-state index in [1.165, 1.54) is 0 Å². The van der Waals surface area contributed by atoms with Gasteiger partial charge in [-0.25, -0.2) is 9.78 Å². The van der Waals surface area contributed by atoms with Crippen LogP contribution < -0.4 is 5.32 Å². The number of rotatable bonds is 5. The molecule has 4 heteroatoms. The van der Waals surface area contributed by atoms with Gasteiger partial charge in [0.05, 0.1) is 0 Å². The van der Waals surface area contributed by atoms with Gasteiger partial charge in [0.1, 0.15) is 11.9 Å². The van der Waals surface area contributed by atoms with Gasteiger partial charge in [0.2, 0.25) is 0 Å². The molecule has 1 unspecified atom stereocenters. The predicted molar refractivity (Wildman–Crippen MR) is 75.0 cm³/mol.